The summed E-state index contributed by atoms with van der Waals surface area (Å²) in [5.74, 6) is -3.92. The van der Waals surface area contributed by atoms with Crippen LogP contribution in [0.3, 0.4) is 0 Å². The maximum atomic E-state index is 11.1. The Bertz CT molecular complexity index is 321. The predicted molar refractivity (Wildman–Crippen MR) is 39.3 cm³/mol. The van der Waals surface area contributed by atoms with Crippen LogP contribution in [-0.2, 0) is 14.4 Å². The Morgan fingerprint density at radius 1 is 1.46 bits per heavy atom. The zero-order valence-electron chi connectivity index (χ0n) is 6.59. The molecule has 0 aliphatic carbocycles. The molecule has 1 atom stereocenters. The highest BCUT2D eigenvalue weighted by Crippen LogP contribution is 2.09. The highest BCUT2D eigenvalue weighted by molar-refractivity contribution is 6.67. The number of ketones is 1. The molecule has 0 aromatic carbocycles. The number of aliphatic carboxylic acids is 2. The quantitative estimate of drug-likeness (QED) is 0.502. The Morgan fingerprint density at radius 2 is 2.00 bits per heavy atom. The molecule has 0 radical (unpaired) electrons. The fourth-order valence-electron chi connectivity index (χ4n) is 0.984. The molecule has 2 N–H and O–H groups in total. The first kappa shape index (κ1) is 9.17. The highest BCUT2D eigenvalue weighted by atomic mass is 16.4. The Balaban J connectivity index is 2.99. The molecule has 1 unspecified atom stereocenters. The summed E-state index contributed by atoms with van der Waals surface area (Å²) in [6.45, 7) is 0. The molecule has 13 heavy (non-hydrogen) atoms. The van der Waals surface area contributed by atoms with Crippen molar-refractivity contribution < 1.29 is 24.6 Å². The van der Waals surface area contributed by atoms with E-state index in [1.54, 1.807) is 0 Å². The number of carboxylic acids is 2. The Kier molecular flexibility index (Phi) is 2.01. The predicted octanol–water partition coefficient (Wildman–Crippen LogP) is -1.61. The van der Waals surface area contributed by atoms with Crippen LogP contribution in [0.25, 0.3) is 0 Å². The first-order valence-electron chi connectivity index (χ1n) is 3.27. The number of hydrogen-bond acceptors (Lipinski definition) is 5. The van der Waals surface area contributed by atoms with E-state index in [1.807, 2.05) is 0 Å². The minimum atomic E-state index is -1.51. The van der Waals surface area contributed by atoms with Crippen molar-refractivity contribution in [3.8, 4) is 0 Å². The molecule has 1 aliphatic rings. The first-order chi connectivity index (χ1) is 5.95. The molecule has 0 aromatic rings. The van der Waals surface area contributed by atoms with Gasteiger partial charge < -0.3 is 10.2 Å². The molecule has 0 fully saturated rings. The van der Waals surface area contributed by atoms with E-state index in [2.05, 4.69) is 5.10 Å². The maximum Gasteiger partial charge on any atom is 0.360 e. The Morgan fingerprint density at radius 3 is 2.23 bits per heavy atom. The van der Waals surface area contributed by atoms with Crippen LogP contribution in [0, 0.1) is 0 Å². The lowest BCUT2D eigenvalue weighted by Crippen LogP contribution is -2.39. The summed E-state index contributed by atoms with van der Waals surface area (Å²) in [7, 11) is 1.23. The topological polar surface area (TPSA) is 107 Å². The lowest BCUT2D eigenvalue weighted by molar-refractivity contribution is -0.144. The standard InChI is InChI=1S/C6H6N2O5/c1-8-3(6(12)13)4(9)2(7-8)5(10)11/h3H,1H3,(H,10,11)(H,12,13). The largest absolute Gasteiger partial charge is 0.479 e. The second-order valence-electron chi connectivity index (χ2n) is 2.43. The number of carbonyl (C=O) groups excluding carboxylic acids is 1. The van der Waals surface area contributed by atoms with Crippen LogP contribution in [0.15, 0.2) is 5.10 Å². The third kappa shape index (κ3) is 1.35. The van der Waals surface area contributed by atoms with E-state index >= 15 is 0 Å². The van der Waals surface area contributed by atoms with Crippen LogP contribution in [0.1, 0.15) is 0 Å². The lowest BCUT2D eigenvalue weighted by atomic mass is 10.1. The Hall–Kier alpha value is -1.92. The summed E-state index contributed by atoms with van der Waals surface area (Å²) in [6, 6.07) is -1.51. The van der Waals surface area contributed by atoms with Gasteiger partial charge in [0.2, 0.25) is 17.5 Å². The van der Waals surface area contributed by atoms with Crippen molar-refractivity contribution in [3.63, 3.8) is 0 Å². The molecule has 70 valence electrons. The fourth-order valence-corrected chi connectivity index (χ4v) is 0.984. The van der Waals surface area contributed by atoms with Gasteiger partial charge in [-0.25, -0.2) is 9.59 Å². The van der Waals surface area contributed by atoms with Crippen molar-refractivity contribution in [1.82, 2.24) is 5.01 Å². The third-order valence-corrected chi connectivity index (χ3v) is 1.55. The van der Waals surface area contributed by atoms with Crippen molar-refractivity contribution in [2.75, 3.05) is 7.05 Å². The summed E-state index contributed by atoms with van der Waals surface area (Å²) >= 11 is 0. The smallest absolute Gasteiger partial charge is 0.360 e. The van der Waals surface area contributed by atoms with Crippen molar-refractivity contribution in [3.05, 3.63) is 0 Å². The molecule has 0 saturated heterocycles. The van der Waals surface area contributed by atoms with Crippen molar-refractivity contribution in [1.29, 1.82) is 0 Å². The van der Waals surface area contributed by atoms with Gasteiger partial charge in [0.1, 0.15) is 0 Å². The number of hydrazone groups is 1. The van der Waals surface area contributed by atoms with Gasteiger partial charge in [0.15, 0.2) is 0 Å². The number of hydrogen-bond donors (Lipinski definition) is 2. The fraction of sp³-hybridized carbons (Fsp3) is 0.333. The van der Waals surface area contributed by atoms with E-state index in [4.69, 9.17) is 10.2 Å². The lowest BCUT2D eigenvalue weighted by Gasteiger charge is -2.11. The molecule has 1 rings (SSSR count). The van der Waals surface area contributed by atoms with E-state index in [0.29, 0.717) is 0 Å². The average Bonchev–Trinajstić information content (AvgIpc) is 2.26. The van der Waals surface area contributed by atoms with Crippen LogP contribution in [0.2, 0.25) is 0 Å². The van der Waals surface area contributed by atoms with Gasteiger partial charge in [-0.05, 0) is 0 Å². The van der Waals surface area contributed by atoms with Gasteiger partial charge in [-0.2, -0.15) is 5.10 Å². The molecular formula is C6H6N2O5. The zero-order chi connectivity index (χ0) is 10.2. The van der Waals surface area contributed by atoms with Crippen molar-refractivity contribution >= 4 is 23.4 Å². The van der Waals surface area contributed by atoms with Crippen LogP contribution in [0.4, 0.5) is 0 Å². The number of carbonyl (C=O) groups is 3. The molecule has 0 amide bonds. The average molecular weight is 186 g/mol. The van der Waals surface area contributed by atoms with Gasteiger partial charge >= 0.3 is 11.9 Å². The minimum Gasteiger partial charge on any atom is -0.479 e. The number of rotatable bonds is 2. The summed E-state index contributed by atoms with van der Waals surface area (Å²) in [5, 5.41) is 21.1. The van der Waals surface area contributed by atoms with Gasteiger partial charge in [-0.1, -0.05) is 0 Å². The van der Waals surface area contributed by atoms with Crippen LogP contribution in [0.5, 0.6) is 0 Å². The monoisotopic (exact) mass is 186 g/mol. The second-order valence-corrected chi connectivity index (χ2v) is 2.43. The molecule has 7 heteroatoms. The normalized spacial score (nSPS) is 21.6. The van der Waals surface area contributed by atoms with E-state index in [-0.39, 0.29) is 0 Å². The maximum absolute atomic E-state index is 11.1. The van der Waals surface area contributed by atoms with Gasteiger partial charge in [-0.15, -0.1) is 0 Å². The molecule has 0 saturated carbocycles. The number of nitrogens with zero attached hydrogens (tertiary/aromatic N) is 2. The number of carboxylic acid groups (broad SMARTS) is 2. The summed E-state index contributed by atoms with van der Waals surface area (Å²) in [6.07, 6.45) is 0. The zero-order valence-corrected chi connectivity index (χ0v) is 6.59. The van der Waals surface area contributed by atoms with Gasteiger partial charge in [0.25, 0.3) is 0 Å². The molecule has 1 aliphatic heterocycles. The molecule has 0 spiro atoms. The second kappa shape index (κ2) is 2.85. The Labute approximate surface area is 72.3 Å². The van der Waals surface area contributed by atoms with Gasteiger partial charge in [0, 0.05) is 7.05 Å². The van der Waals surface area contributed by atoms with E-state index < -0.39 is 29.5 Å². The number of Topliss-reactive ketones (excluding diaryl/α,β-unsaturated/α-hetero) is 1. The molecule has 0 aromatic heterocycles. The first-order valence-corrected chi connectivity index (χ1v) is 3.27. The van der Waals surface area contributed by atoms with Crippen LogP contribution >= 0.6 is 0 Å². The van der Waals surface area contributed by atoms with E-state index in [0.717, 1.165) is 5.01 Å². The molecular weight excluding hydrogens is 180 g/mol. The van der Waals surface area contributed by atoms with Crippen molar-refractivity contribution in [2.24, 2.45) is 5.10 Å². The molecule has 7 nitrogen and oxygen atoms in total. The number of likely N-dealkylation sites (N-methyl/N-ethyl adjacent to an activating group) is 1. The third-order valence-electron chi connectivity index (χ3n) is 1.55. The molecule has 0 bridgehead atoms. The van der Waals surface area contributed by atoms with Gasteiger partial charge in [0.05, 0.1) is 0 Å². The summed E-state index contributed by atoms with van der Waals surface area (Å²) < 4.78 is 0. The van der Waals surface area contributed by atoms with Crippen LogP contribution in [-0.4, -0.2) is 51.7 Å². The van der Waals surface area contributed by atoms with Gasteiger partial charge in [-0.3, -0.25) is 9.80 Å². The molecule has 1 heterocycles. The summed E-state index contributed by atoms with van der Waals surface area (Å²) in [4.78, 5) is 31.9. The SMILES string of the molecule is CN1N=C(C(=O)O)C(=O)C1C(=O)O. The van der Waals surface area contributed by atoms with Crippen LogP contribution < -0.4 is 0 Å². The van der Waals surface area contributed by atoms with Crippen molar-refractivity contribution in [2.45, 2.75) is 6.04 Å². The highest BCUT2D eigenvalue weighted by Gasteiger charge is 2.42. The summed E-state index contributed by atoms with van der Waals surface area (Å²) in [5.41, 5.74) is -0.741. The minimum absolute atomic E-state index is 0.741. The van der Waals surface area contributed by atoms with E-state index in [1.165, 1.54) is 7.05 Å². The van der Waals surface area contributed by atoms with E-state index in [9.17, 15) is 14.4 Å².